The van der Waals surface area contributed by atoms with Crippen LogP contribution >= 0.6 is 0 Å². The van der Waals surface area contributed by atoms with Gasteiger partial charge in [-0.15, -0.1) is 0 Å². The topological polar surface area (TPSA) is 0 Å². The van der Waals surface area contributed by atoms with Crippen LogP contribution in [-0.4, -0.2) is 9.52 Å². The van der Waals surface area contributed by atoms with E-state index in [-0.39, 0.29) is 9.52 Å². The summed E-state index contributed by atoms with van der Waals surface area (Å²) in [6.45, 7) is 6.99. The van der Waals surface area contributed by atoms with E-state index < -0.39 is 0 Å². The molecule has 1 aliphatic carbocycles. The van der Waals surface area contributed by atoms with Crippen LogP contribution in [0.5, 0.6) is 0 Å². The molecule has 0 aliphatic heterocycles. The van der Waals surface area contributed by atoms with Crippen molar-refractivity contribution >= 4 is 14.7 Å². The van der Waals surface area contributed by atoms with Crippen LogP contribution in [-0.2, 0) is 0 Å². The van der Waals surface area contributed by atoms with E-state index in [4.69, 9.17) is 0 Å². The smallest absolute Gasteiger partial charge is 0.0752 e. The Morgan fingerprint density at radius 3 is 2.53 bits per heavy atom. The van der Waals surface area contributed by atoms with Crippen LogP contribution in [0.15, 0.2) is 52.8 Å². The summed E-state index contributed by atoms with van der Waals surface area (Å²) >= 11 is 0. The first kappa shape index (κ1) is 14.3. The van der Waals surface area contributed by atoms with Crippen LogP contribution in [0.3, 0.4) is 0 Å². The summed E-state index contributed by atoms with van der Waals surface area (Å²) in [6.07, 6.45) is 7.63. The number of allylic oxidation sites excluding steroid dienone is 4. The van der Waals surface area contributed by atoms with Gasteiger partial charge < -0.3 is 0 Å². The van der Waals surface area contributed by atoms with E-state index in [2.05, 4.69) is 57.2 Å². The molecule has 1 aromatic carbocycles. The van der Waals surface area contributed by atoms with Crippen molar-refractivity contribution in [1.29, 1.82) is 0 Å². The van der Waals surface area contributed by atoms with Gasteiger partial charge in [0.1, 0.15) is 0 Å². The van der Waals surface area contributed by atoms with E-state index in [1.807, 2.05) is 0 Å². The molecule has 0 saturated carbocycles. The standard InChI is InChI=1S/C18H26Si/c1-4-9-15-12-17(14(3)5-2)18(13-15)19-16-10-7-6-8-11-16/h6-8,10-12,14H,4-5,9,13,19H2,1-3H3. The van der Waals surface area contributed by atoms with Gasteiger partial charge in [0.05, 0.1) is 9.52 Å². The lowest BCUT2D eigenvalue weighted by atomic mass is 9.99. The third-order valence-corrected chi connectivity index (χ3v) is 6.15. The third kappa shape index (κ3) is 3.70. The van der Waals surface area contributed by atoms with Crippen LogP contribution in [0.1, 0.15) is 46.5 Å². The van der Waals surface area contributed by atoms with Crippen molar-refractivity contribution in [2.24, 2.45) is 5.92 Å². The Morgan fingerprint density at radius 1 is 1.16 bits per heavy atom. The largest absolute Gasteiger partial charge is 0.0832 e. The zero-order chi connectivity index (χ0) is 13.7. The lowest BCUT2D eigenvalue weighted by Gasteiger charge is -2.12. The third-order valence-electron chi connectivity index (χ3n) is 4.18. The van der Waals surface area contributed by atoms with Crippen molar-refractivity contribution in [2.75, 3.05) is 0 Å². The van der Waals surface area contributed by atoms with Gasteiger partial charge in [0.2, 0.25) is 0 Å². The van der Waals surface area contributed by atoms with E-state index in [0.29, 0.717) is 0 Å². The van der Waals surface area contributed by atoms with E-state index in [1.165, 1.54) is 25.7 Å². The Kier molecular flexibility index (Phi) is 5.21. The van der Waals surface area contributed by atoms with Gasteiger partial charge in [-0.3, -0.25) is 0 Å². The summed E-state index contributed by atoms with van der Waals surface area (Å²) in [6, 6.07) is 11.1. The first-order chi connectivity index (χ1) is 9.24. The van der Waals surface area contributed by atoms with Gasteiger partial charge >= 0.3 is 0 Å². The quantitative estimate of drug-likeness (QED) is 0.688. The summed E-state index contributed by atoms with van der Waals surface area (Å²) in [4.78, 5) is 0. The molecular weight excluding hydrogens is 244 g/mol. The lowest BCUT2D eigenvalue weighted by molar-refractivity contribution is 0.669. The van der Waals surface area contributed by atoms with Crippen molar-refractivity contribution in [3.05, 3.63) is 52.8 Å². The number of rotatable bonds is 6. The second-order valence-corrected chi connectivity index (χ2v) is 7.78. The van der Waals surface area contributed by atoms with Gasteiger partial charge in [0.15, 0.2) is 0 Å². The molecule has 1 aromatic rings. The van der Waals surface area contributed by atoms with Crippen LogP contribution < -0.4 is 5.19 Å². The highest BCUT2D eigenvalue weighted by Crippen LogP contribution is 2.33. The van der Waals surface area contributed by atoms with Gasteiger partial charge in [0, 0.05) is 0 Å². The molecule has 0 heterocycles. The lowest BCUT2D eigenvalue weighted by Crippen LogP contribution is -2.17. The maximum atomic E-state index is 2.53. The first-order valence-corrected chi connectivity index (χ1v) is 9.11. The molecule has 19 heavy (non-hydrogen) atoms. The Labute approximate surface area is 120 Å². The first-order valence-electron chi connectivity index (χ1n) is 7.69. The van der Waals surface area contributed by atoms with Crippen LogP contribution in [0.2, 0.25) is 0 Å². The molecule has 1 aliphatic rings. The van der Waals surface area contributed by atoms with Crippen LogP contribution in [0.4, 0.5) is 0 Å². The molecule has 0 aromatic heterocycles. The molecule has 0 spiro atoms. The van der Waals surface area contributed by atoms with Crippen molar-refractivity contribution in [3.63, 3.8) is 0 Å². The summed E-state index contributed by atoms with van der Waals surface area (Å²) in [5, 5.41) is 3.38. The molecule has 1 atom stereocenters. The minimum atomic E-state index is -0.256. The molecule has 0 bridgehead atoms. The monoisotopic (exact) mass is 270 g/mol. The molecule has 2 rings (SSSR count). The molecular formula is C18H26Si. The van der Waals surface area contributed by atoms with Gasteiger partial charge in [-0.1, -0.05) is 79.6 Å². The predicted octanol–water partition coefficient (Wildman–Crippen LogP) is 3.91. The zero-order valence-corrected chi connectivity index (χ0v) is 14.0. The fourth-order valence-corrected chi connectivity index (χ4v) is 5.05. The molecule has 0 fully saturated rings. The summed E-state index contributed by atoms with van der Waals surface area (Å²) in [7, 11) is -0.256. The molecule has 0 N–H and O–H groups in total. The Bertz CT molecular complexity index is 468. The molecule has 0 saturated heterocycles. The zero-order valence-electron chi connectivity index (χ0n) is 12.6. The minimum Gasteiger partial charge on any atom is -0.0752 e. The van der Waals surface area contributed by atoms with E-state index in [1.54, 1.807) is 21.5 Å². The van der Waals surface area contributed by atoms with Crippen molar-refractivity contribution in [2.45, 2.75) is 46.5 Å². The highest BCUT2D eigenvalue weighted by molar-refractivity contribution is 6.61. The maximum Gasteiger partial charge on any atom is 0.0832 e. The van der Waals surface area contributed by atoms with E-state index >= 15 is 0 Å². The van der Waals surface area contributed by atoms with Gasteiger partial charge in [-0.25, -0.2) is 0 Å². The molecule has 0 amide bonds. The van der Waals surface area contributed by atoms with Crippen molar-refractivity contribution < 1.29 is 0 Å². The van der Waals surface area contributed by atoms with Gasteiger partial charge in [-0.2, -0.15) is 0 Å². The number of hydrogen-bond acceptors (Lipinski definition) is 0. The normalized spacial score (nSPS) is 17.3. The number of benzene rings is 1. The second kappa shape index (κ2) is 6.90. The molecule has 0 radical (unpaired) electrons. The number of hydrogen-bond donors (Lipinski definition) is 0. The van der Waals surface area contributed by atoms with Gasteiger partial charge in [-0.05, 0) is 30.8 Å². The fraction of sp³-hybridized carbons (Fsp3) is 0.444. The molecule has 1 heteroatoms. The second-order valence-electron chi connectivity index (χ2n) is 5.76. The van der Waals surface area contributed by atoms with Gasteiger partial charge in [0.25, 0.3) is 0 Å². The average Bonchev–Trinajstić information content (AvgIpc) is 2.82. The summed E-state index contributed by atoms with van der Waals surface area (Å²) in [5.41, 5.74) is 3.36. The van der Waals surface area contributed by atoms with E-state index in [0.717, 1.165) is 5.92 Å². The maximum absolute atomic E-state index is 2.53. The summed E-state index contributed by atoms with van der Waals surface area (Å²) < 4.78 is 0. The Morgan fingerprint density at radius 2 is 1.89 bits per heavy atom. The molecule has 0 nitrogen and oxygen atoms in total. The Hall–Kier alpha value is -1.08. The predicted molar refractivity (Wildman–Crippen MR) is 88.7 cm³/mol. The van der Waals surface area contributed by atoms with Crippen molar-refractivity contribution in [3.8, 4) is 0 Å². The average molecular weight is 270 g/mol. The molecule has 1 unspecified atom stereocenters. The SMILES string of the molecule is CCCC1=CC(C(C)CC)=C([SiH2]c2ccccc2)C1. The van der Waals surface area contributed by atoms with Crippen LogP contribution in [0, 0.1) is 5.92 Å². The highest BCUT2D eigenvalue weighted by Gasteiger charge is 2.19. The minimum absolute atomic E-state index is 0.256. The van der Waals surface area contributed by atoms with Crippen LogP contribution in [0.25, 0.3) is 0 Å². The Balaban J connectivity index is 2.17. The molecule has 102 valence electrons. The fourth-order valence-electron chi connectivity index (χ4n) is 2.95. The summed E-state index contributed by atoms with van der Waals surface area (Å²) in [5.74, 6) is 0.737. The van der Waals surface area contributed by atoms with E-state index in [9.17, 15) is 0 Å². The highest BCUT2D eigenvalue weighted by atomic mass is 28.2. The van der Waals surface area contributed by atoms with Crippen molar-refractivity contribution in [1.82, 2.24) is 0 Å².